The number of carbonyl (C=O) groups excluding carboxylic acids is 2. The van der Waals surface area contributed by atoms with E-state index in [0.717, 1.165) is 10.9 Å². The van der Waals surface area contributed by atoms with Crippen molar-refractivity contribution >= 4 is 28.3 Å². The van der Waals surface area contributed by atoms with Gasteiger partial charge in [0.2, 0.25) is 11.7 Å². The number of hydrogen-bond donors (Lipinski definition) is 1. The molecule has 0 spiro atoms. The Morgan fingerprint density at radius 1 is 1.00 bits per heavy atom. The lowest BCUT2D eigenvalue weighted by atomic mass is 10.0. The van der Waals surface area contributed by atoms with Gasteiger partial charge < -0.3 is 23.9 Å². The third-order valence-corrected chi connectivity index (χ3v) is 4.35. The highest BCUT2D eigenvalue weighted by atomic mass is 16.5. The molecule has 0 bridgehead atoms. The lowest BCUT2D eigenvalue weighted by molar-refractivity contribution is -0.119. The van der Waals surface area contributed by atoms with E-state index in [4.69, 9.17) is 18.6 Å². The molecule has 1 amide bonds. The molecule has 0 aliphatic carbocycles. The smallest absolute Gasteiger partial charge is 0.250 e. The molecule has 0 atom stereocenters. The number of carbonyl (C=O) groups is 2. The van der Waals surface area contributed by atoms with E-state index >= 15 is 0 Å². The number of hydrogen-bond acceptors (Lipinski definition) is 6. The lowest BCUT2D eigenvalue weighted by Gasteiger charge is -2.08. The largest absolute Gasteiger partial charge is 0.493 e. The van der Waals surface area contributed by atoms with Crippen LogP contribution in [0.25, 0.3) is 11.0 Å². The van der Waals surface area contributed by atoms with Crippen molar-refractivity contribution in [1.82, 2.24) is 0 Å². The first-order valence-corrected chi connectivity index (χ1v) is 8.57. The molecular weight excluding hydrogens is 362 g/mol. The molecule has 0 fully saturated rings. The molecule has 28 heavy (non-hydrogen) atoms. The molecule has 0 saturated carbocycles. The minimum absolute atomic E-state index is 0.0434. The Bertz CT molecular complexity index is 1040. The number of fused-ring (bicyclic) bond motifs is 1. The fourth-order valence-electron chi connectivity index (χ4n) is 2.96. The Labute approximate surface area is 162 Å². The second-order valence-electron chi connectivity index (χ2n) is 6.15. The molecule has 0 radical (unpaired) electrons. The zero-order valence-electron chi connectivity index (χ0n) is 16.1. The first-order valence-electron chi connectivity index (χ1n) is 8.57. The van der Waals surface area contributed by atoms with Crippen molar-refractivity contribution < 1.29 is 28.2 Å². The van der Waals surface area contributed by atoms with Crippen LogP contribution in [0.1, 0.15) is 21.7 Å². The average Bonchev–Trinajstić information content (AvgIpc) is 3.02. The number of anilines is 1. The molecule has 0 saturated heterocycles. The number of methoxy groups -OCH3 is 3. The molecule has 1 heterocycles. The maximum absolute atomic E-state index is 13.0. The fourth-order valence-corrected chi connectivity index (χ4v) is 2.96. The molecule has 146 valence electrons. The van der Waals surface area contributed by atoms with Crippen molar-refractivity contribution in [2.24, 2.45) is 0 Å². The van der Waals surface area contributed by atoms with Crippen LogP contribution in [0, 0.1) is 6.92 Å². The zero-order chi connectivity index (χ0) is 20.3. The molecule has 0 aliphatic heterocycles. The SMILES string of the molecule is COCC(=O)Nc1ccc2c(C)c(C(=O)c3ccc(OC)c(OC)c3)oc2c1. The van der Waals surface area contributed by atoms with Crippen LogP contribution >= 0.6 is 0 Å². The first-order chi connectivity index (χ1) is 13.5. The Balaban J connectivity index is 1.95. The van der Waals surface area contributed by atoms with Gasteiger partial charge in [-0.15, -0.1) is 0 Å². The van der Waals surface area contributed by atoms with Crippen LogP contribution < -0.4 is 14.8 Å². The number of rotatable bonds is 7. The highest BCUT2D eigenvalue weighted by Crippen LogP contribution is 2.32. The van der Waals surface area contributed by atoms with Gasteiger partial charge in [-0.3, -0.25) is 9.59 Å². The topological polar surface area (TPSA) is 87.0 Å². The molecule has 1 N–H and O–H groups in total. The van der Waals surface area contributed by atoms with Crippen LogP contribution in [0.15, 0.2) is 40.8 Å². The second kappa shape index (κ2) is 8.14. The molecule has 2 aromatic carbocycles. The van der Waals surface area contributed by atoms with Crippen molar-refractivity contribution in [1.29, 1.82) is 0 Å². The summed E-state index contributed by atoms with van der Waals surface area (Å²) in [5.41, 5.74) is 2.22. The van der Waals surface area contributed by atoms with Crippen molar-refractivity contribution in [3.63, 3.8) is 0 Å². The van der Waals surface area contributed by atoms with Crippen LogP contribution in [-0.2, 0) is 9.53 Å². The monoisotopic (exact) mass is 383 g/mol. The van der Waals surface area contributed by atoms with Crippen molar-refractivity contribution in [2.45, 2.75) is 6.92 Å². The molecule has 1 aromatic heterocycles. The maximum atomic E-state index is 13.0. The summed E-state index contributed by atoms with van der Waals surface area (Å²) in [5, 5.41) is 3.51. The summed E-state index contributed by atoms with van der Waals surface area (Å²) in [7, 11) is 4.49. The number of nitrogens with one attached hydrogen (secondary N) is 1. The van der Waals surface area contributed by atoms with Gasteiger partial charge in [-0.1, -0.05) is 0 Å². The summed E-state index contributed by atoms with van der Waals surface area (Å²) in [6.07, 6.45) is 0. The summed E-state index contributed by atoms with van der Waals surface area (Å²) in [6.45, 7) is 1.78. The third-order valence-electron chi connectivity index (χ3n) is 4.35. The van der Waals surface area contributed by atoms with Gasteiger partial charge in [0.1, 0.15) is 12.2 Å². The van der Waals surface area contributed by atoms with E-state index in [1.807, 2.05) is 13.0 Å². The van der Waals surface area contributed by atoms with Gasteiger partial charge in [0.25, 0.3) is 0 Å². The fraction of sp³-hybridized carbons (Fsp3) is 0.238. The predicted octanol–water partition coefficient (Wildman–Crippen LogP) is 3.57. The van der Waals surface area contributed by atoms with E-state index in [9.17, 15) is 9.59 Å². The number of aryl methyl sites for hydroxylation is 1. The van der Waals surface area contributed by atoms with Crippen LogP contribution in [-0.4, -0.2) is 39.6 Å². The second-order valence-corrected chi connectivity index (χ2v) is 6.15. The number of benzene rings is 2. The van der Waals surface area contributed by atoms with Crippen molar-refractivity contribution in [3.05, 3.63) is 53.3 Å². The van der Waals surface area contributed by atoms with Gasteiger partial charge in [0, 0.05) is 35.4 Å². The van der Waals surface area contributed by atoms with E-state index in [1.54, 1.807) is 30.3 Å². The van der Waals surface area contributed by atoms with Gasteiger partial charge in [0.05, 0.1) is 14.2 Å². The van der Waals surface area contributed by atoms with Gasteiger partial charge in [-0.05, 0) is 37.3 Å². The molecule has 7 nitrogen and oxygen atoms in total. The minimum atomic E-state index is -0.272. The molecule has 0 unspecified atom stereocenters. The Hall–Kier alpha value is -3.32. The third kappa shape index (κ3) is 3.70. The summed E-state index contributed by atoms with van der Waals surface area (Å²) >= 11 is 0. The minimum Gasteiger partial charge on any atom is -0.493 e. The normalized spacial score (nSPS) is 10.7. The Kier molecular flexibility index (Phi) is 5.65. The summed E-state index contributed by atoms with van der Waals surface area (Å²) < 4.78 is 21.1. The van der Waals surface area contributed by atoms with Crippen LogP contribution in [0.3, 0.4) is 0 Å². The summed E-state index contributed by atoms with van der Waals surface area (Å²) in [6, 6.07) is 10.2. The quantitative estimate of drug-likeness (QED) is 0.628. The van der Waals surface area contributed by atoms with Crippen LogP contribution in [0.2, 0.25) is 0 Å². The molecule has 3 rings (SSSR count). The summed E-state index contributed by atoms with van der Waals surface area (Å²) in [5.74, 6) is 0.705. The number of amides is 1. The van der Waals surface area contributed by atoms with Gasteiger partial charge in [-0.25, -0.2) is 0 Å². The Morgan fingerprint density at radius 2 is 1.75 bits per heavy atom. The molecule has 7 heteroatoms. The molecule has 0 aliphatic rings. The van der Waals surface area contributed by atoms with E-state index < -0.39 is 0 Å². The van der Waals surface area contributed by atoms with E-state index in [-0.39, 0.29) is 24.1 Å². The number of ketones is 1. The van der Waals surface area contributed by atoms with Crippen LogP contribution in [0.5, 0.6) is 11.5 Å². The van der Waals surface area contributed by atoms with E-state index in [1.165, 1.54) is 21.3 Å². The standard InChI is InChI=1S/C21H21NO6/c1-12-15-7-6-14(22-19(23)11-25-2)10-17(15)28-21(12)20(24)13-5-8-16(26-3)18(9-13)27-4/h5-10H,11H2,1-4H3,(H,22,23). The van der Waals surface area contributed by atoms with Crippen molar-refractivity contribution in [2.75, 3.05) is 33.3 Å². The zero-order valence-corrected chi connectivity index (χ0v) is 16.1. The first kappa shape index (κ1) is 19.4. The van der Waals surface area contributed by atoms with Gasteiger partial charge in [-0.2, -0.15) is 0 Å². The number of ether oxygens (including phenoxy) is 3. The Morgan fingerprint density at radius 3 is 2.43 bits per heavy atom. The van der Waals surface area contributed by atoms with E-state index in [2.05, 4.69) is 5.32 Å². The van der Waals surface area contributed by atoms with Gasteiger partial charge >= 0.3 is 0 Å². The number of furan rings is 1. The van der Waals surface area contributed by atoms with E-state index in [0.29, 0.717) is 28.3 Å². The lowest BCUT2D eigenvalue weighted by Crippen LogP contribution is -2.16. The highest BCUT2D eigenvalue weighted by Gasteiger charge is 2.21. The van der Waals surface area contributed by atoms with Crippen LogP contribution in [0.4, 0.5) is 5.69 Å². The highest BCUT2D eigenvalue weighted by molar-refractivity contribution is 6.11. The average molecular weight is 383 g/mol. The van der Waals surface area contributed by atoms with Gasteiger partial charge in [0.15, 0.2) is 17.3 Å². The summed E-state index contributed by atoms with van der Waals surface area (Å²) in [4.78, 5) is 24.7. The van der Waals surface area contributed by atoms with Crippen molar-refractivity contribution in [3.8, 4) is 11.5 Å². The molecular formula is C21H21NO6. The predicted molar refractivity (Wildman–Crippen MR) is 104 cm³/mol. The molecule has 3 aromatic rings. The maximum Gasteiger partial charge on any atom is 0.250 e.